The third-order valence-electron chi connectivity index (χ3n) is 6.26. The van der Waals surface area contributed by atoms with E-state index in [0.29, 0.717) is 37.6 Å². The molecule has 3 heterocycles. The van der Waals surface area contributed by atoms with E-state index in [1.165, 1.54) is 6.92 Å². The van der Waals surface area contributed by atoms with Crippen LogP contribution in [0.3, 0.4) is 0 Å². The molecule has 3 atom stereocenters. The summed E-state index contributed by atoms with van der Waals surface area (Å²) in [6.45, 7) is 4.32. The predicted octanol–water partition coefficient (Wildman–Crippen LogP) is 2.10. The Morgan fingerprint density at radius 1 is 1.34 bits per heavy atom. The fourth-order valence-electron chi connectivity index (χ4n) is 4.70. The van der Waals surface area contributed by atoms with Crippen molar-refractivity contribution in [2.75, 3.05) is 23.3 Å². The maximum Gasteiger partial charge on any atom is 0.228 e. The molecule has 2 fully saturated rings. The molecule has 9 nitrogen and oxygen atoms in total. The van der Waals surface area contributed by atoms with Crippen LogP contribution >= 0.6 is 0 Å². The Labute approximate surface area is 186 Å². The number of nitriles is 1. The van der Waals surface area contributed by atoms with E-state index in [-0.39, 0.29) is 29.5 Å². The number of nitrogens with zero attached hydrogens (tertiary/aromatic N) is 4. The van der Waals surface area contributed by atoms with Gasteiger partial charge in [-0.05, 0) is 44.7 Å². The number of carbonyl (C=O) groups excluding carboxylic acids is 2. The Hall–Kier alpha value is -3.25. The smallest absolute Gasteiger partial charge is 0.228 e. The van der Waals surface area contributed by atoms with Gasteiger partial charge in [-0.1, -0.05) is 6.42 Å². The molecule has 1 aliphatic heterocycles. The number of carbonyl (C=O) groups is 2. The molecule has 9 heteroatoms. The number of rotatable bonds is 4. The van der Waals surface area contributed by atoms with Crippen LogP contribution in [0.25, 0.3) is 10.8 Å². The maximum absolute atomic E-state index is 12.9. The minimum Gasteiger partial charge on any atom is -0.388 e. The van der Waals surface area contributed by atoms with Gasteiger partial charge >= 0.3 is 0 Å². The van der Waals surface area contributed by atoms with Crippen LogP contribution in [0.4, 0.5) is 11.6 Å². The molecule has 32 heavy (non-hydrogen) atoms. The molecule has 168 valence electrons. The average molecular weight is 437 g/mol. The SMILES string of the molecule is CC(=O)N[C@@H]1CCCC(C(=O)Nc2cc3c(N4CC[C@@](C)(O)C4)nc(C#N)cc3cn2)C1. The standard InChI is InChI=1S/C23H28N6O3/c1-14(30)26-17-5-3-4-15(8-17)22(31)28-20-10-19-16(12-25-20)9-18(11-24)27-21(19)29-7-6-23(2,32)13-29/h9-10,12,15,17,32H,3-8,13H2,1-2H3,(H,26,30)(H,25,28,31)/t15?,17-,23-/m1/s1. The number of fused-ring (bicyclic) bond motifs is 1. The lowest BCUT2D eigenvalue weighted by Crippen LogP contribution is -2.40. The number of pyridine rings is 2. The third-order valence-corrected chi connectivity index (χ3v) is 6.26. The molecule has 2 amide bonds. The first-order valence-corrected chi connectivity index (χ1v) is 11.0. The number of β-amino-alcohol motifs (C(OH)–C–C–N with tert-alkyl or cyclic N) is 1. The number of nitrogens with one attached hydrogen (secondary N) is 2. The van der Waals surface area contributed by atoms with Gasteiger partial charge in [-0.15, -0.1) is 0 Å². The molecule has 0 aromatic carbocycles. The number of aromatic nitrogens is 2. The van der Waals surface area contributed by atoms with Gasteiger partial charge in [0.1, 0.15) is 23.4 Å². The van der Waals surface area contributed by atoms with Crippen LogP contribution in [0.2, 0.25) is 0 Å². The van der Waals surface area contributed by atoms with Crippen LogP contribution in [-0.2, 0) is 9.59 Å². The minimum atomic E-state index is -0.813. The van der Waals surface area contributed by atoms with Crippen LogP contribution in [0.15, 0.2) is 18.3 Å². The van der Waals surface area contributed by atoms with Gasteiger partial charge in [-0.2, -0.15) is 5.26 Å². The molecule has 1 saturated carbocycles. The zero-order valence-corrected chi connectivity index (χ0v) is 18.4. The highest BCUT2D eigenvalue weighted by atomic mass is 16.3. The summed E-state index contributed by atoms with van der Waals surface area (Å²) in [5, 5.41) is 27.1. The fraction of sp³-hybridized carbons (Fsp3) is 0.522. The first-order valence-electron chi connectivity index (χ1n) is 11.0. The summed E-state index contributed by atoms with van der Waals surface area (Å²) in [5.74, 6) is 0.649. The van der Waals surface area contributed by atoms with Crippen molar-refractivity contribution in [3.63, 3.8) is 0 Å². The lowest BCUT2D eigenvalue weighted by atomic mass is 9.85. The molecule has 0 spiro atoms. The van der Waals surface area contributed by atoms with Crippen LogP contribution in [0.1, 0.15) is 51.6 Å². The quantitative estimate of drug-likeness (QED) is 0.669. The van der Waals surface area contributed by atoms with E-state index in [0.717, 1.165) is 30.0 Å². The molecule has 2 aromatic rings. The highest BCUT2D eigenvalue weighted by molar-refractivity contribution is 5.98. The predicted molar refractivity (Wildman–Crippen MR) is 120 cm³/mol. The summed E-state index contributed by atoms with van der Waals surface area (Å²) in [6.07, 6.45) is 5.39. The Kier molecular flexibility index (Phi) is 5.98. The van der Waals surface area contributed by atoms with Gasteiger partial charge in [-0.25, -0.2) is 9.97 Å². The number of hydrogen-bond donors (Lipinski definition) is 3. The van der Waals surface area contributed by atoms with Crippen LogP contribution < -0.4 is 15.5 Å². The van der Waals surface area contributed by atoms with Crippen molar-refractivity contribution in [2.24, 2.45) is 5.92 Å². The average Bonchev–Trinajstić information content (AvgIpc) is 3.12. The third kappa shape index (κ3) is 4.81. The first kappa shape index (κ1) is 22.0. The van der Waals surface area contributed by atoms with E-state index in [1.807, 2.05) is 4.90 Å². The van der Waals surface area contributed by atoms with Gasteiger partial charge in [0, 0.05) is 48.9 Å². The second kappa shape index (κ2) is 8.71. The summed E-state index contributed by atoms with van der Waals surface area (Å²) >= 11 is 0. The molecule has 3 N–H and O–H groups in total. The summed E-state index contributed by atoms with van der Waals surface area (Å²) in [5.41, 5.74) is -0.532. The molecular formula is C23H28N6O3. The number of amides is 2. The van der Waals surface area contributed by atoms with Gasteiger partial charge in [0.05, 0.1) is 5.60 Å². The Morgan fingerprint density at radius 3 is 2.84 bits per heavy atom. The Bertz CT molecular complexity index is 1090. The van der Waals surface area contributed by atoms with E-state index in [4.69, 9.17) is 0 Å². The van der Waals surface area contributed by atoms with Crippen molar-refractivity contribution in [3.05, 3.63) is 24.0 Å². The zero-order chi connectivity index (χ0) is 22.9. The Balaban J connectivity index is 1.58. The van der Waals surface area contributed by atoms with Crippen LogP contribution in [-0.4, -0.2) is 51.6 Å². The summed E-state index contributed by atoms with van der Waals surface area (Å²) in [4.78, 5) is 35.1. The van der Waals surface area contributed by atoms with E-state index < -0.39 is 5.60 Å². The summed E-state index contributed by atoms with van der Waals surface area (Å²) in [6, 6.07) is 5.55. The highest BCUT2D eigenvalue weighted by Crippen LogP contribution is 2.32. The molecule has 0 bridgehead atoms. The second-order valence-electron chi connectivity index (χ2n) is 9.15. The summed E-state index contributed by atoms with van der Waals surface area (Å²) in [7, 11) is 0. The number of hydrogen-bond acceptors (Lipinski definition) is 7. The van der Waals surface area contributed by atoms with Gasteiger partial charge in [-0.3, -0.25) is 9.59 Å². The maximum atomic E-state index is 12.9. The van der Waals surface area contributed by atoms with Crippen molar-refractivity contribution in [3.8, 4) is 6.07 Å². The van der Waals surface area contributed by atoms with Crippen LogP contribution in [0, 0.1) is 17.2 Å². The molecule has 1 unspecified atom stereocenters. The van der Waals surface area contributed by atoms with Gasteiger partial charge in [0.25, 0.3) is 0 Å². The van der Waals surface area contributed by atoms with E-state index in [2.05, 4.69) is 26.7 Å². The van der Waals surface area contributed by atoms with Gasteiger partial charge < -0.3 is 20.6 Å². The monoisotopic (exact) mass is 436 g/mol. The normalized spacial score (nSPS) is 25.4. The fourth-order valence-corrected chi connectivity index (χ4v) is 4.70. The number of anilines is 2. The van der Waals surface area contributed by atoms with Gasteiger partial charge in [0.15, 0.2) is 0 Å². The molecule has 2 aromatic heterocycles. The van der Waals surface area contributed by atoms with Crippen molar-refractivity contribution in [1.29, 1.82) is 5.26 Å². The molecular weight excluding hydrogens is 408 g/mol. The number of aliphatic hydroxyl groups is 1. The molecule has 1 aliphatic carbocycles. The first-order chi connectivity index (χ1) is 15.2. The van der Waals surface area contributed by atoms with E-state index in [9.17, 15) is 20.0 Å². The Morgan fingerprint density at radius 2 is 2.16 bits per heavy atom. The largest absolute Gasteiger partial charge is 0.388 e. The van der Waals surface area contributed by atoms with E-state index >= 15 is 0 Å². The van der Waals surface area contributed by atoms with Crippen molar-refractivity contribution in [1.82, 2.24) is 15.3 Å². The molecule has 2 aliphatic rings. The second-order valence-corrected chi connectivity index (χ2v) is 9.15. The van der Waals surface area contributed by atoms with E-state index in [1.54, 1.807) is 25.3 Å². The van der Waals surface area contributed by atoms with Crippen LogP contribution in [0.5, 0.6) is 0 Å². The molecule has 0 radical (unpaired) electrons. The molecule has 1 saturated heterocycles. The lowest BCUT2D eigenvalue weighted by Gasteiger charge is -2.28. The summed E-state index contributed by atoms with van der Waals surface area (Å²) < 4.78 is 0. The molecule has 4 rings (SSSR count). The minimum absolute atomic E-state index is 0.0183. The lowest BCUT2D eigenvalue weighted by molar-refractivity contribution is -0.123. The van der Waals surface area contributed by atoms with Crippen molar-refractivity contribution < 1.29 is 14.7 Å². The van der Waals surface area contributed by atoms with Crippen molar-refractivity contribution in [2.45, 2.75) is 57.6 Å². The van der Waals surface area contributed by atoms with Gasteiger partial charge in [0.2, 0.25) is 11.8 Å². The zero-order valence-electron chi connectivity index (χ0n) is 18.4. The van der Waals surface area contributed by atoms with Crippen molar-refractivity contribution >= 4 is 34.2 Å². The highest BCUT2D eigenvalue weighted by Gasteiger charge is 2.33. The topological polar surface area (TPSA) is 131 Å².